The lowest BCUT2D eigenvalue weighted by atomic mass is 9.72. The Hall–Kier alpha value is -10.5. The van der Waals surface area contributed by atoms with Gasteiger partial charge >= 0.3 is 0 Å². The highest BCUT2D eigenvalue weighted by atomic mass is 35.5. The van der Waals surface area contributed by atoms with Crippen LogP contribution in [0.3, 0.4) is 0 Å². The SMILES string of the molecule is CC(C)Oc1ccc([C@H](CCCCc2ccc(N(C)C)cc2)c2ccc(F)cc2)cc1.CC(CCCCc1ccc2c(c1)CCO2)(c1ccccc1)c1ccccc1.CN(C)c1ccc(CCCC[C@H](c2ccc(F)cc2)c2ccc(Cl)cc2)cc1.COc1ccc(CCCC[C@H](c2ccc(F)cc2)c2ccc(OC(C)C)cc2)cc1. The van der Waals surface area contributed by atoms with Crippen molar-refractivity contribution in [2.75, 3.05) is 51.7 Å². The fourth-order valence-electron chi connectivity index (χ4n) is 15.5. The topological polar surface area (TPSA) is 43.4 Å². The minimum absolute atomic E-state index is 0.0638. The van der Waals surface area contributed by atoms with Crippen LogP contribution >= 0.6 is 11.6 Å². The van der Waals surface area contributed by atoms with Crippen LogP contribution in [-0.2, 0) is 37.5 Å². The number of methoxy groups -OCH3 is 1. The summed E-state index contributed by atoms with van der Waals surface area (Å²) in [5.41, 5.74) is 19.4. The minimum Gasteiger partial charge on any atom is -0.497 e. The van der Waals surface area contributed by atoms with E-state index in [1.165, 1.54) is 79.9 Å². The van der Waals surface area contributed by atoms with E-state index in [1.54, 1.807) is 43.5 Å². The largest absolute Gasteiger partial charge is 0.497 e. The van der Waals surface area contributed by atoms with E-state index in [1.807, 2.05) is 113 Å². The number of benzene rings is 12. The van der Waals surface area contributed by atoms with Gasteiger partial charge in [-0.3, -0.25) is 0 Å². The molecule has 10 heteroatoms. The van der Waals surface area contributed by atoms with Gasteiger partial charge in [0.2, 0.25) is 0 Å². The van der Waals surface area contributed by atoms with Crippen LogP contribution in [0.15, 0.2) is 297 Å². The van der Waals surface area contributed by atoms with E-state index in [9.17, 15) is 13.2 Å². The van der Waals surface area contributed by atoms with Gasteiger partial charge in [0.25, 0.3) is 0 Å². The Kier molecular flexibility index (Phi) is 34.6. The smallest absolute Gasteiger partial charge is 0.123 e. The number of ether oxygens (including phenoxy) is 4. The van der Waals surface area contributed by atoms with Crippen LogP contribution in [0.25, 0.3) is 0 Å². The number of aryl methyl sites for hydroxylation is 4. The van der Waals surface area contributed by atoms with Crippen LogP contribution in [0.2, 0.25) is 5.02 Å². The standard InChI is InChI=1S/C28H34FNO.C27H31FO2.C26H28O.C25H27ClFN/c1-21(2)31-27-19-13-24(14-20-27)28(23-11-15-25(29)16-12-23)8-6-5-7-22-9-17-26(18-10-22)30(3)4;1-20(2)30-26-18-12-23(13-19-26)27(22-10-14-24(28)15-11-22)7-5-4-6-21-8-16-25(29-3)17-9-21;1-26(23-11-4-2-5-12-23,24-13-6-3-7-14-24)18-9-8-10-21-15-16-25-22(20-21)17-19-27-25;1-28(2)24-17-7-19(8-18-24)5-3-4-6-25(20-9-13-22(26)14-10-20)21-11-15-23(27)16-12-21/h9-21,28H,5-8H2,1-4H3;8-20,27H,4-7H2,1-3H3;2-7,11-16,20H,8-10,17-19H2,1H3;7-18,25H,3-6H2,1-2H3/t28-;27-;;25-/m11.0/s1. The van der Waals surface area contributed by atoms with Crippen molar-refractivity contribution in [1.82, 2.24) is 0 Å². The molecule has 12 aromatic rings. The summed E-state index contributed by atoms with van der Waals surface area (Å²) in [5, 5.41) is 0.739. The van der Waals surface area contributed by atoms with Gasteiger partial charge in [-0.05, 0) is 292 Å². The predicted octanol–water partition coefficient (Wildman–Crippen LogP) is 27.8. The number of nitrogens with zero attached hydrogens (tertiary/aromatic N) is 2. The van der Waals surface area contributed by atoms with Crippen LogP contribution in [0.1, 0.15) is 202 Å². The van der Waals surface area contributed by atoms with Crippen molar-refractivity contribution >= 4 is 23.0 Å². The molecule has 13 rings (SSSR count). The Labute approximate surface area is 696 Å². The number of rotatable bonds is 35. The molecule has 0 N–H and O–H groups in total. The van der Waals surface area contributed by atoms with Gasteiger partial charge in [-0.25, -0.2) is 13.2 Å². The number of halogens is 4. The van der Waals surface area contributed by atoms with Gasteiger partial charge in [-0.2, -0.15) is 0 Å². The fraction of sp³-hybridized carbons (Fsp3) is 0.321. The van der Waals surface area contributed by atoms with Crippen LogP contribution in [0.4, 0.5) is 24.5 Å². The summed E-state index contributed by atoms with van der Waals surface area (Å²) in [6.45, 7) is 11.3. The third-order valence-electron chi connectivity index (χ3n) is 22.1. The van der Waals surface area contributed by atoms with E-state index in [-0.39, 0.29) is 52.8 Å². The molecule has 606 valence electrons. The van der Waals surface area contributed by atoms with E-state index in [2.05, 4.69) is 221 Å². The lowest BCUT2D eigenvalue weighted by molar-refractivity contribution is 0.242. The minimum atomic E-state index is -0.197. The highest BCUT2D eigenvalue weighted by molar-refractivity contribution is 6.30. The summed E-state index contributed by atoms with van der Waals surface area (Å²) in [7, 11) is 9.92. The monoisotopic (exact) mass is 1580 g/mol. The summed E-state index contributed by atoms with van der Waals surface area (Å²) < 4.78 is 62.7. The van der Waals surface area contributed by atoms with Crippen molar-refractivity contribution in [3.63, 3.8) is 0 Å². The molecule has 3 atom stereocenters. The van der Waals surface area contributed by atoms with Crippen molar-refractivity contribution in [2.45, 2.75) is 179 Å². The van der Waals surface area contributed by atoms with Crippen LogP contribution in [0, 0.1) is 17.5 Å². The Balaban J connectivity index is 0.000000163. The van der Waals surface area contributed by atoms with E-state index in [0.717, 1.165) is 148 Å². The molecule has 116 heavy (non-hydrogen) atoms. The van der Waals surface area contributed by atoms with Crippen molar-refractivity contribution in [3.8, 4) is 23.0 Å². The molecular formula is C106H120ClF3N2O4. The maximum absolute atomic E-state index is 13.5. The first kappa shape index (κ1) is 87.9. The normalized spacial score (nSPS) is 12.3. The molecule has 12 aromatic carbocycles. The molecule has 1 heterocycles. The average molecular weight is 1580 g/mol. The number of hydrogen-bond acceptors (Lipinski definition) is 6. The molecule has 0 aliphatic carbocycles. The molecule has 0 bridgehead atoms. The molecule has 0 aromatic heterocycles. The lowest BCUT2D eigenvalue weighted by Gasteiger charge is -2.31. The molecule has 0 spiro atoms. The number of unbranched alkanes of at least 4 members (excludes halogenated alkanes) is 4. The van der Waals surface area contributed by atoms with Gasteiger partial charge in [-0.15, -0.1) is 0 Å². The third kappa shape index (κ3) is 27.9. The van der Waals surface area contributed by atoms with Gasteiger partial charge in [0, 0.05) is 74.2 Å². The van der Waals surface area contributed by atoms with Gasteiger partial charge in [-0.1, -0.05) is 226 Å². The summed E-state index contributed by atoms with van der Waals surface area (Å²) in [5.74, 6) is 3.92. The number of anilines is 2. The molecule has 0 unspecified atom stereocenters. The quantitative estimate of drug-likeness (QED) is 0.0369. The molecule has 6 nitrogen and oxygen atoms in total. The van der Waals surface area contributed by atoms with Crippen LogP contribution in [0.5, 0.6) is 23.0 Å². The molecule has 1 aliphatic rings. The fourth-order valence-corrected chi connectivity index (χ4v) is 15.6. The summed E-state index contributed by atoms with van der Waals surface area (Å²) in [4.78, 5) is 4.23. The molecule has 0 fully saturated rings. The van der Waals surface area contributed by atoms with Crippen LogP contribution < -0.4 is 28.7 Å². The van der Waals surface area contributed by atoms with Gasteiger partial charge in [0.1, 0.15) is 40.4 Å². The number of hydrogen-bond donors (Lipinski definition) is 0. The van der Waals surface area contributed by atoms with Crippen LogP contribution in [-0.4, -0.2) is 54.1 Å². The summed E-state index contributed by atoms with van der Waals surface area (Å²) in [6, 6.07) is 100.0. The molecular weight excluding hydrogens is 1460 g/mol. The van der Waals surface area contributed by atoms with Gasteiger partial charge < -0.3 is 28.7 Å². The highest BCUT2D eigenvalue weighted by Gasteiger charge is 2.28. The lowest BCUT2D eigenvalue weighted by Crippen LogP contribution is -2.23. The first-order valence-corrected chi connectivity index (χ1v) is 42.2. The first-order chi connectivity index (χ1) is 56.2. The second-order valence-electron chi connectivity index (χ2n) is 31.9. The van der Waals surface area contributed by atoms with Crippen molar-refractivity contribution in [1.29, 1.82) is 0 Å². The second kappa shape index (κ2) is 45.7. The zero-order chi connectivity index (χ0) is 82.0. The Morgan fingerprint density at radius 3 is 1.04 bits per heavy atom. The molecule has 1 aliphatic heterocycles. The zero-order valence-electron chi connectivity index (χ0n) is 69.9. The molecule has 0 radical (unpaired) electrons. The highest BCUT2D eigenvalue weighted by Crippen LogP contribution is 2.39. The summed E-state index contributed by atoms with van der Waals surface area (Å²) >= 11 is 6.06. The van der Waals surface area contributed by atoms with E-state index in [0.29, 0.717) is 0 Å². The molecule has 0 amide bonds. The van der Waals surface area contributed by atoms with Gasteiger partial charge in [0.05, 0.1) is 25.9 Å². The van der Waals surface area contributed by atoms with E-state index in [4.69, 9.17) is 30.5 Å². The van der Waals surface area contributed by atoms with Crippen molar-refractivity contribution in [2.24, 2.45) is 0 Å². The molecule has 0 saturated carbocycles. The molecule has 0 saturated heterocycles. The maximum atomic E-state index is 13.5. The van der Waals surface area contributed by atoms with Gasteiger partial charge in [0.15, 0.2) is 0 Å². The number of fused-ring (bicyclic) bond motifs is 1. The Morgan fingerprint density at radius 2 is 0.690 bits per heavy atom. The van der Waals surface area contributed by atoms with Crippen molar-refractivity contribution in [3.05, 3.63) is 392 Å². The van der Waals surface area contributed by atoms with E-state index < -0.39 is 0 Å². The van der Waals surface area contributed by atoms with Crippen molar-refractivity contribution < 1.29 is 32.1 Å². The Morgan fingerprint density at radius 1 is 0.371 bits per heavy atom. The predicted molar refractivity (Wildman–Crippen MR) is 480 cm³/mol. The zero-order valence-corrected chi connectivity index (χ0v) is 70.7. The second-order valence-corrected chi connectivity index (χ2v) is 32.3. The third-order valence-corrected chi connectivity index (χ3v) is 22.3. The van der Waals surface area contributed by atoms with E-state index >= 15 is 0 Å². The average Bonchev–Trinajstić information content (AvgIpc) is 0.956. The Bertz CT molecular complexity index is 4670. The maximum Gasteiger partial charge on any atom is 0.123 e. The summed E-state index contributed by atoms with van der Waals surface area (Å²) in [6.07, 6.45) is 19.1. The first-order valence-electron chi connectivity index (χ1n) is 41.8.